The maximum absolute atomic E-state index is 11.4. The summed E-state index contributed by atoms with van der Waals surface area (Å²) in [5.74, 6) is 0. The minimum atomic E-state index is -6.72. The number of rotatable bonds is 13. The van der Waals surface area contributed by atoms with E-state index in [1.165, 1.54) is 69.1 Å². The molecule has 1 heterocycles. The summed E-state index contributed by atoms with van der Waals surface area (Å²) in [7, 11) is -10.7. The summed E-state index contributed by atoms with van der Waals surface area (Å²) >= 11 is 0. The summed E-state index contributed by atoms with van der Waals surface area (Å²) in [6, 6.07) is 0.935. The van der Waals surface area contributed by atoms with Gasteiger partial charge < -0.3 is 21.9 Å². The van der Waals surface area contributed by atoms with Crippen LogP contribution in [0.1, 0.15) is 51.9 Å². The van der Waals surface area contributed by atoms with Gasteiger partial charge in [0.25, 0.3) is 0 Å². The molecular formula is C18H36F6N2O7S2Si. The second kappa shape index (κ2) is 14.6. The van der Waals surface area contributed by atoms with Crippen molar-refractivity contribution in [1.82, 2.24) is 0 Å². The molecule has 0 amide bonds. The van der Waals surface area contributed by atoms with Gasteiger partial charge >= 0.3 is 19.8 Å². The third-order valence-corrected chi connectivity index (χ3v) is 11.3. The quantitative estimate of drug-likeness (QED) is 0.133. The van der Waals surface area contributed by atoms with Gasteiger partial charge in [-0.15, -0.1) is 0 Å². The maximum Gasteiger partial charge on any atom is 0.505 e. The van der Waals surface area contributed by atoms with Crippen LogP contribution in [0.5, 0.6) is 0 Å². The number of sulfonamides is 2. The number of halogens is 6. The molecule has 1 rings (SSSR count). The Hall–Kier alpha value is -0.503. The Kier molecular flexibility index (Phi) is 14.4. The van der Waals surface area contributed by atoms with E-state index < -0.39 is 39.9 Å². The van der Waals surface area contributed by atoms with E-state index in [0.29, 0.717) is 0 Å². The van der Waals surface area contributed by atoms with Gasteiger partial charge in [0, 0.05) is 21.3 Å². The van der Waals surface area contributed by atoms with Crippen LogP contribution in [-0.2, 0) is 33.3 Å². The minimum Gasteiger partial charge on any atom is -0.421 e. The second-order valence-corrected chi connectivity index (χ2v) is 14.8. The van der Waals surface area contributed by atoms with Crippen LogP contribution in [0.25, 0.3) is 4.13 Å². The van der Waals surface area contributed by atoms with Crippen LogP contribution in [0.15, 0.2) is 0 Å². The van der Waals surface area contributed by atoms with Crippen LogP contribution in [0.3, 0.4) is 0 Å². The zero-order chi connectivity index (χ0) is 28.3. The molecule has 1 aliphatic heterocycles. The fraction of sp³-hybridized carbons (Fsp3) is 1.00. The van der Waals surface area contributed by atoms with Crippen molar-refractivity contribution in [2.24, 2.45) is 0 Å². The average molecular weight is 599 g/mol. The highest BCUT2D eigenvalue weighted by molar-refractivity contribution is 8.13. The van der Waals surface area contributed by atoms with Crippen molar-refractivity contribution in [3.05, 3.63) is 4.13 Å². The first-order valence-corrected chi connectivity index (χ1v) is 16.0. The number of hydrogen-bond donors (Lipinski definition) is 0. The molecule has 0 aromatic carbocycles. The molecule has 0 N–H and O–H groups in total. The normalized spacial score (nSPS) is 17.4. The molecular weight excluding hydrogens is 562 g/mol. The summed E-state index contributed by atoms with van der Waals surface area (Å²) in [5.41, 5.74) is -12.4. The number of alkyl halides is 6. The van der Waals surface area contributed by atoms with Gasteiger partial charge in [0.2, 0.25) is 0 Å². The number of hydrogen-bond acceptors (Lipinski definition) is 7. The van der Waals surface area contributed by atoms with Crippen molar-refractivity contribution in [3.63, 3.8) is 0 Å². The molecule has 1 saturated heterocycles. The lowest BCUT2D eigenvalue weighted by molar-refractivity contribution is -0.931. The zero-order valence-corrected chi connectivity index (χ0v) is 23.5. The number of likely N-dealkylation sites (tertiary alicyclic amines) is 1. The molecule has 0 atom stereocenters. The predicted molar refractivity (Wildman–Crippen MR) is 123 cm³/mol. The molecule has 218 valence electrons. The predicted octanol–water partition coefficient (Wildman–Crippen LogP) is 4.50. The van der Waals surface area contributed by atoms with Gasteiger partial charge in [-0.25, -0.2) is 16.8 Å². The SMILES string of the molecule is CCCCCC[N+]1(CC[Si](OC)(OC)OC)CCCCC1.O=S(=O)([N-]S(=O)(=O)C(F)(F)F)C(F)(F)F. The lowest BCUT2D eigenvalue weighted by atomic mass is 10.1. The Balaban J connectivity index is 0.000000723. The van der Waals surface area contributed by atoms with Crippen LogP contribution < -0.4 is 0 Å². The van der Waals surface area contributed by atoms with E-state index in [9.17, 15) is 43.2 Å². The summed E-state index contributed by atoms with van der Waals surface area (Å²) < 4.78 is 127. The van der Waals surface area contributed by atoms with Crippen LogP contribution in [0.2, 0.25) is 6.04 Å². The van der Waals surface area contributed by atoms with Gasteiger partial charge in [-0.3, -0.25) is 0 Å². The molecule has 9 nitrogen and oxygen atoms in total. The molecule has 1 aliphatic rings. The van der Waals surface area contributed by atoms with Crippen molar-refractivity contribution in [3.8, 4) is 0 Å². The average Bonchev–Trinajstić information content (AvgIpc) is 2.77. The fourth-order valence-corrected chi connectivity index (χ4v) is 7.33. The highest BCUT2D eigenvalue weighted by Crippen LogP contribution is 2.36. The maximum atomic E-state index is 11.4. The highest BCUT2D eigenvalue weighted by Gasteiger charge is 2.47. The van der Waals surface area contributed by atoms with Crippen molar-refractivity contribution < 1.29 is 60.9 Å². The molecule has 1 fully saturated rings. The Morgan fingerprint density at radius 2 is 1.19 bits per heavy atom. The lowest BCUT2D eigenvalue weighted by Gasteiger charge is -2.43. The van der Waals surface area contributed by atoms with Gasteiger partial charge in [0.1, 0.15) is 0 Å². The number of quaternary nitrogens is 1. The Bertz CT molecular complexity index is 795. The minimum absolute atomic E-state index is 0.778. The first-order chi connectivity index (χ1) is 16.4. The molecule has 0 bridgehead atoms. The van der Waals surface area contributed by atoms with Crippen LogP contribution in [0.4, 0.5) is 26.3 Å². The van der Waals surface area contributed by atoms with Gasteiger partial charge in [0.15, 0.2) is 20.0 Å². The molecule has 0 spiro atoms. The van der Waals surface area contributed by atoms with E-state index in [2.05, 4.69) is 6.92 Å². The summed E-state index contributed by atoms with van der Waals surface area (Å²) in [6.45, 7) is 7.40. The number of nitrogens with zero attached hydrogens (tertiary/aromatic N) is 2. The molecule has 0 aromatic heterocycles. The Morgan fingerprint density at radius 1 is 0.750 bits per heavy atom. The summed E-state index contributed by atoms with van der Waals surface area (Å²) in [5, 5.41) is 0. The second-order valence-electron chi connectivity index (χ2n) is 8.32. The Morgan fingerprint density at radius 3 is 1.56 bits per heavy atom. The summed E-state index contributed by atoms with van der Waals surface area (Å²) in [6.07, 6.45) is 9.55. The third kappa shape index (κ3) is 11.1. The van der Waals surface area contributed by atoms with E-state index in [1.54, 1.807) is 21.3 Å². The third-order valence-electron chi connectivity index (χ3n) is 5.86. The van der Waals surface area contributed by atoms with E-state index in [0.717, 1.165) is 16.7 Å². The smallest absolute Gasteiger partial charge is 0.421 e. The van der Waals surface area contributed by atoms with Gasteiger partial charge in [-0.1, -0.05) is 19.8 Å². The van der Waals surface area contributed by atoms with Crippen molar-refractivity contribution in [2.45, 2.75) is 68.9 Å². The van der Waals surface area contributed by atoms with Gasteiger partial charge in [0.05, 0.1) is 32.2 Å². The van der Waals surface area contributed by atoms with E-state index >= 15 is 0 Å². The van der Waals surface area contributed by atoms with E-state index in [4.69, 9.17) is 13.3 Å². The first-order valence-electron chi connectivity index (χ1n) is 11.2. The zero-order valence-electron chi connectivity index (χ0n) is 20.8. The van der Waals surface area contributed by atoms with Gasteiger partial charge in [-0.2, -0.15) is 26.3 Å². The van der Waals surface area contributed by atoms with Crippen molar-refractivity contribution in [2.75, 3.05) is 47.5 Å². The standard InChI is InChI=1S/C16H36NO3Si.C2F6NO4S2/c1-5-6-7-9-12-17(13-10-8-11-14-17)15-16-21(18-2,19-3)20-4;3-1(4,5)14(10,11)9-15(12,13)2(6,7)8/h5-16H2,1-4H3;/q+1;-1. The van der Waals surface area contributed by atoms with Gasteiger partial charge in [-0.05, 0) is 32.1 Å². The molecule has 0 aliphatic carbocycles. The highest BCUT2D eigenvalue weighted by atomic mass is 32.3. The molecule has 0 radical (unpaired) electrons. The summed E-state index contributed by atoms with van der Waals surface area (Å²) in [4.78, 5) is 0. The number of piperidine rings is 1. The lowest BCUT2D eigenvalue weighted by Crippen LogP contribution is -2.56. The van der Waals surface area contributed by atoms with E-state index in [1.807, 2.05) is 0 Å². The molecule has 0 aromatic rings. The van der Waals surface area contributed by atoms with Crippen LogP contribution >= 0.6 is 0 Å². The van der Waals surface area contributed by atoms with Crippen molar-refractivity contribution in [1.29, 1.82) is 0 Å². The fourth-order valence-electron chi connectivity index (χ4n) is 3.76. The molecule has 0 saturated carbocycles. The molecule has 0 unspecified atom stereocenters. The molecule has 36 heavy (non-hydrogen) atoms. The largest absolute Gasteiger partial charge is 0.505 e. The first kappa shape index (κ1) is 35.5. The van der Waals surface area contributed by atoms with Crippen LogP contribution in [-0.4, -0.2) is 88.6 Å². The van der Waals surface area contributed by atoms with E-state index in [-0.39, 0.29) is 0 Å². The molecule has 18 heteroatoms. The Labute approximate surface area is 210 Å². The van der Waals surface area contributed by atoms with Crippen molar-refractivity contribution >= 4 is 28.9 Å². The number of unbranched alkanes of at least 4 members (excludes halogenated alkanes) is 3. The van der Waals surface area contributed by atoms with Crippen LogP contribution in [0, 0.1) is 0 Å². The monoisotopic (exact) mass is 598 g/mol. The topological polar surface area (TPSA) is 110 Å².